The highest BCUT2D eigenvalue weighted by Crippen LogP contribution is 2.33. The Hall–Kier alpha value is -1.10. The number of carbonyl (C=O) groups is 2. The van der Waals surface area contributed by atoms with Crippen LogP contribution >= 0.6 is 0 Å². The summed E-state index contributed by atoms with van der Waals surface area (Å²) in [5.74, 6) is -0.967. The summed E-state index contributed by atoms with van der Waals surface area (Å²) in [5.41, 5.74) is -0.926. The van der Waals surface area contributed by atoms with Crippen LogP contribution in [-0.4, -0.2) is 36.1 Å². The molecule has 1 amide bonds. The van der Waals surface area contributed by atoms with E-state index in [1.54, 1.807) is 7.05 Å². The average molecular weight is 228 g/mol. The molecule has 3 N–H and O–H groups in total. The zero-order valence-corrected chi connectivity index (χ0v) is 9.88. The molecule has 0 aliphatic heterocycles. The fourth-order valence-corrected chi connectivity index (χ4v) is 2.33. The van der Waals surface area contributed by atoms with E-state index in [9.17, 15) is 14.7 Å². The Labute approximate surface area is 95.6 Å². The predicted molar refractivity (Wildman–Crippen MR) is 60.1 cm³/mol. The summed E-state index contributed by atoms with van der Waals surface area (Å²) in [4.78, 5) is 22.6. The summed E-state index contributed by atoms with van der Waals surface area (Å²) in [7, 11) is 1.54. The van der Waals surface area contributed by atoms with Crippen molar-refractivity contribution in [1.82, 2.24) is 10.6 Å². The summed E-state index contributed by atoms with van der Waals surface area (Å²) in [6.07, 6.45) is 3.46. The minimum absolute atomic E-state index is 0.0587. The fourth-order valence-electron chi connectivity index (χ4n) is 2.33. The normalized spacial score (nSPS) is 29.8. The van der Waals surface area contributed by atoms with E-state index >= 15 is 0 Å². The molecule has 0 saturated heterocycles. The van der Waals surface area contributed by atoms with Gasteiger partial charge in [-0.2, -0.15) is 0 Å². The third-order valence-electron chi connectivity index (χ3n) is 3.52. The van der Waals surface area contributed by atoms with Gasteiger partial charge in [0, 0.05) is 7.05 Å². The first-order valence-corrected chi connectivity index (χ1v) is 5.72. The predicted octanol–water partition coefficient (Wildman–Crippen LogP) is 0.355. The van der Waals surface area contributed by atoms with Gasteiger partial charge >= 0.3 is 5.97 Å². The van der Waals surface area contributed by atoms with Gasteiger partial charge in [-0.25, -0.2) is 0 Å². The number of hydrogen-bond donors (Lipinski definition) is 3. The molecule has 1 fully saturated rings. The van der Waals surface area contributed by atoms with Crippen LogP contribution < -0.4 is 10.6 Å². The number of carboxylic acids is 1. The minimum Gasteiger partial charge on any atom is -0.480 e. The van der Waals surface area contributed by atoms with E-state index in [1.165, 1.54) is 0 Å². The number of nitrogens with one attached hydrogen (secondary N) is 2. The number of carbonyl (C=O) groups excluding carboxylic acids is 1. The van der Waals surface area contributed by atoms with Gasteiger partial charge in [0.15, 0.2) is 0 Å². The molecule has 2 atom stereocenters. The highest BCUT2D eigenvalue weighted by atomic mass is 16.4. The van der Waals surface area contributed by atoms with Gasteiger partial charge in [0.25, 0.3) is 0 Å². The Morgan fingerprint density at radius 3 is 2.62 bits per heavy atom. The molecule has 1 aliphatic carbocycles. The van der Waals surface area contributed by atoms with Crippen LogP contribution in [0.1, 0.15) is 32.6 Å². The Morgan fingerprint density at radius 2 is 2.12 bits per heavy atom. The first-order chi connectivity index (χ1) is 7.53. The number of carboxylic acid groups (broad SMARTS) is 1. The number of rotatable bonds is 4. The number of aliphatic carboxylic acids is 1. The first kappa shape index (κ1) is 13.0. The summed E-state index contributed by atoms with van der Waals surface area (Å²) in [5, 5.41) is 14.8. The maximum absolute atomic E-state index is 11.4. The second-order valence-corrected chi connectivity index (χ2v) is 4.45. The molecular formula is C11H20N2O3. The Morgan fingerprint density at radius 1 is 1.44 bits per heavy atom. The molecule has 5 nitrogen and oxygen atoms in total. The van der Waals surface area contributed by atoms with E-state index in [0.29, 0.717) is 6.42 Å². The maximum atomic E-state index is 11.4. The van der Waals surface area contributed by atoms with Crippen molar-refractivity contribution in [3.8, 4) is 0 Å². The van der Waals surface area contributed by atoms with Crippen LogP contribution in [-0.2, 0) is 9.59 Å². The molecule has 92 valence electrons. The van der Waals surface area contributed by atoms with Crippen molar-refractivity contribution in [1.29, 1.82) is 0 Å². The molecule has 0 heterocycles. The second kappa shape index (κ2) is 5.30. The van der Waals surface area contributed by atoms with Crippen molar-refractivity contribution in [3.05, 3.63) is 0 Å². The smallest absolute Gasteiger partial charge is 0.324 e. The van der Waals surface area contributed by atoms with E-state index in [0.717, 1.165) is 19.3 Å². The lowest BCUT2D eigenvalue weighted by Crippen LogP contribution is -2.59. The van der Waals surface area contributed by atoms with Gasteiger partial charge in [0.1, 0.15) is 5.54 Å². The molecule has 2 unspecified atom stereocenters. The Bertz CT molecular complexity index is 280. The van der Waals surface area contributed by atoms with Crippen molar-refractivity contribution in [3.63, 3.8) is 0 Å². The molecule has 0 spiro atoms. The van der Waals surface area contributed by atoms with Crippen LogP contribution in [0, 0.1) is 5.92 Å². The van der Waals surface area contributed by atoms with Crippen LogP contribution in [0.2, 0.25) is 0 Å². The third kappa shape index (κ3) is 2.52. The lowest BCUT2D eigenvalue weighted by atomic mass is 9.73. The zero-order chi connectivity index (χ0) is 12.2. The first-order valence-electron chi connectivity index (χ1n) is 5.72. The molecule has 16 heavy (non-hydrogen) atoms. The molecule has 0 aromatic heterocycles. The Kier molecular flexibility index (Phi) is 4.29. The SMILES string of the molecule is CNC(=O)CNC1(C(=O)O)CCCCC1C. The highest BCUT2D eigenvalue weighted by Gasteiger charge is 2.44. The van der Waals surface area contributed by atoms with Crippen molar-refractivity contribution >= 4 is 11.9 Å². The van der Waals surface area contributed by atoms with E-state index in [2.05, 4.69) is 10.6 Å². The van der Waals surface area contributed by atoms with Gasteiger partial charge in [-0.1, -0.05) is 19.8 Å². The molecule has 1 saturated carbocycles. The van der Waals surface area contributed by atoms with Gasteiger partial charge in [-0.3, -0.25) is 14.9 Å². The van der Waals surface area contributed by atoms with Gasteiger partial charge in [0.2, 0.25) is 5.91 Å². The van der Waals surface area contributed by atoms with Gasteiger partial charge in [0.05, 0.1) is 6.54 Å². The molecule has 0 bridgehead atoms. The third-order valence-corrected chi connectivity index (χ3v) is 3.52. The lowest BCUT2D eigenvalue weighted by Gasteiger charge is -2.39. The Balaban J connectivity index is 2.71. The van der Waals surface area contributed by atoms with Crippen LogP contribution in [0.4, 0.5) is 0 Å². The van der Waals surface area contributed by atoms with Crippen LogP contribution in [0.5, 0.6) is 0 Å². The summed E-state index contributed by atoms with van der Waals surface area (Å²) in [6, 6.07) is 0. The topological polar surface area (TPSA) is 78.4 Å². The van der Waals surface area contributed by atoms with E-state index in [-0.39, 0.29) is 18.4 Å². The average Bonchev–Trinajstić information content (AvgIpc) is 2.27. The molecule has 0 aromatic carbocycles. The van der Waals surface area contributed by atoms with Gasteiger partial charge in [-0.15, -0.1) is 0 Å². The number of amides is 1. The largest absolute Gasteiger partial charge is 0.480 e. The van der Waals surface area contributed by atoms with Crippen molar-refractivity contribution in [2.24, 2.45) is 5.92 Å². The number of hydrogen-bond acceptors (Lipinski definition) is 3. The van der Waals surface area contributed by atoms with Crippen molar-refractivity contribution in [2.45, 2.75) is 38.1 Å². The van der Waals surface area contributed by atoms with E-state index in [4.69, 9.17) is 0 Å². The van der Waals surface area contributed by atoms with Crippen molar-refractivity contribution < 1.29 is 14.7 Å². The van der Waals surface area contributed by atoms with Gasteiger partial charge < -0.3 is 10.4 Å². The summed E-state index contributed by atoms with van der Waals surface area (Å²) >= 11 is 0. The molecular weight excluding hydrogens is 208 g/mol. The van der Waals surface area contributed by atoms with E-state index in [1.807, 2.05) is 6.92 Å². The lowest BCUT2D eigenvalue weighted by molar-refractivity contribution is -0.149. The van der Waals surface area contributed by atoms with Gasteiger partial charge in [-0.05, 0) is 18.8 Å². The van der Waals surface area contributed by atoms with E-state index < -0.39 is 11.5 Å². The van der Waals surface area contributed by atoms with Crippen LogP contribution in [0.15, 0.2) is 0 Å². The molecule has 1 aliphatic rings. The maximum Gasteiger partial charge on any atom is 0.324 e. The molecule has 1 rings (SSSR count). The monoisotopic (exact) mass is 228 g/mol. The molecule has 0 aromatic rings. The van der Waals surface area contributed by atoms with Crippen LogP contribution in [0.3, 0.4) is 0 Å². The fraction of sp³-hybridized carbons (Fsp3) is 0.818. The molecule has 0 radical (unpaired) electrons. The summed E-state index contributed by atoms with van der Waals surface area (Å²) < 4.78 is 0. The molecule has 5 heteroatoms. The highest BCUT2D eigenvalue weighted by molar-refractivity contribution is 5.82. The second-order valence-electron chi connectivity index (χ2n) is 4.45. The number of likely N-dealkylation sites (N-methyl/N-ethyl adjacent to an activating group) is 1. The van der Waals surface area contributed by atoms with Crippen molar-refractivity contribution in [2.75, 3.05) is 13.6 Å². The standard InChI is InChI=1S/C11H20N2O3/c1-8-5-3-4-6-11(8,10(15)16)13-7-9(14)12-2/h8,13H,3-7H2,1-2H3,(H,12,14)(H,15,16). The zero-order valence-electron chi connectivity index (χ0n) is 9.88. The van der Waals surface area contributed by atoms with Crippen LogP contribution in [0.25, 0.3) is 0 Å². The minimum atomic E-state index is -0.926. The quantitative estimate of drug-likeness (QED) is 0.649. The summed E-state index contributed by atoms with van der Waals surface area (Å²) in [6.45, 7) is 2.00.